The fourth-order valence-electron chi connectivity index (χ4n) is 7.59. The maximum atomic E-state index is 6.87. The summed E-state index contributed by atoms with van der Waals surface area (Å²) in [5, 5.41) is 0.776. The van der Waals surface area contributed by atoms with Crippen molar-refractivity contribution in [3.63, 3.8) is 0 Å². The van der Waals surface area contributed by atoms with E-state index in [1.54, 1.807) is 0 Å². The molecule has 0 fully saturated rings. The summed E-state index contributed by atoms with van der Waals surface area (Å²) in [4.78, 5) is 0. The number of halogens is 3. The van der Waals surface area contributed by atoms with Crippen LogP contribution in [0.25, 0.3) is 11.1 Å². The Morgan fingerprint density at radius 3 is 2.02 bits per heavy atom. The van der Waals surface area contributed by atoms with Crippen LogP contribution in [0.4, 0.5) is 0 Å². The number of rotatable bonds is 4. The van der Waals surface area contributed by atoms with Gasteiger partial charge >= 0.3 is 260 Å². The SMILES string of the molecule is Cl.Cl.[CH2]=[Zr]([C]1=CC=CC1)([c]1ccc(C)cc1)([c]1cccc(Cl)c1)[c]1c(C(C)(C)C)ccc2c1Cc1cc(C(C)(C)C)ccc1-2. The van der Waals surface area contributed by atoms with Crippen LogP contribution in [0.5, 0.6) is 0 Å². The predicted molar refractivity (Wildman–Crippen MR) is 197 cm³/mol. The van der Waals surface area contributed by atoms with Crippen LogP contribution in [0.15, 0.2) is 100 Å². The normalized spacial score (nSPS) is 14.3. The van der Waals surface area contributed by atoms with Gasteiger partial charge in [-0.1, -0.05) is 0 Å². The monoisotopic (exact) mass is 720 g/mol. The zero-order valence-electron chi connectivity index (χ0n) is 27.1. The molecule has 44 heavy (non-hydrogen) atoms. The van der Waals surface area contributed by atoms with E-state index in [0.717, 1.165) is 17.9 Å². The summed E-state index contributed by atoms with van der Waals surface area (Å²) in [5.74, 6) is 0. The zero-order valence-corrected chi connectivity index (χ0v) is 31.9. The summed E-state index contributed by atoms with van der Waals surface area (Å²) in [5.41, 5.74) is 9.75. The molecular weight excluding hydrogens is 678 g/mol. The zero-order chi connectivity index (χ0) is 30.1. The number of benzene rings is 4. The summed E-state index contributed by atoms with van der Waals surface area (Å²) in [6.07, 6.45) is 8.81. The van der Waals surface area contributed by atoms with E-state index in [4.69, 9.17) is 15.8 Å². The third kappa shape index (κ3) is 5.31. The van der Waals surface area contributed by atoms with Gasteiger partial charge in [-0.3, -0.25) is 0 Å². The molecule has 0 unspecified atom stereocenters. The van der Waals surface area contributed by atoms with Crippen molar-refractivity contribution in [2.45, 2.75) is 72.1 Å². The molecule has 0 N–H and O–H groups in total. The van der Waals surface area contributed by atoms with Crippen LogP contribution in [-0.2, 0) is 35.5 Å². The van der Waals surface area contributed by atoms with Gasteiger partial charge in [-0.2, -0.15) is 0 Å². The van der Waals surface area contributed by atoms with Gasteiger partial charge in [-0.05, 0) is 0 Å². The van der Waals surface area contributed by atoms with Crippen molar-refractivity contribution in [2.24, 2.45) is 0 Å². The van der Waals surface area contributed by atoms with Crippen LogP contribution in [0.1, 0.15) is 75.8 Å². The van der Waals surface area contributed by atoms with Gasteiger partial charge in [0.2, 0.25) is 0 Å². The second-order valence-corrected chi connectivity index (χ2v) is 28.0. The second kappa shape index (κ2) is 12.0. The first kappa shape index (κ1) is 34.8. The Hall–Kier alpha value is -2.02. The molecule has 4 aromatic rings. The van der Waals surface area contributed by atoms with E-state index < -0.39 is 18.3 Å². The Kier molecular flexibility index (Phi) is 9.48. The molecule has 6 rings (SSSR count). The third-order valence-corrected chi connectivity index (χ3v) is 26.5. The first-order valence-corrected chi connectivity index (χ1v) is 22.3. The van der Waals surface area contributed by atoms with Gasteiger partial charge in [0.25, 0.3) is 0 Å². The molecule has 0 amide bonds. The van der Waals surface area contributed by atoms with Crippen molar-refractivity contribution in [2.75, 3.05) is 0 Å². The molecule has 0 heterocycles. The number of hydrogen-bond acceptors (Lipinski definition) is 0. The molecule has 0 atom stereocenters. The fraction of sp³-hybridized carbons (Fsp3) is 0.275. The van der Waals surface area contributed by atoms with Crippen LogP contribution in [0.3, 0.4) is 0 Å². The summed E-state index contributed by atoms with van der Waals surface area (Å²) in [6.45, 7) is 16.2. The molecule has 2 aliphatic rings. The van der Waals surface area contributed by atoms with E-state index in [0.29, 0.717) is 0 Å². The molecule has 0 nitrogen and oxygen atoms in total. The van der Waals surface area contributed by atoms with Crippen LogP contribution in [0.2, 0.25) is 5.02 Å². The summed E-state index contributed by atoms with van der Waals surface area (Å²) < 4.78 is 11.4. The van der Waals surface area contributed by atoms with Gasteiger partial charge in [-0.25, -0.2) is 0 Å². The molecule has 0 saturated carbocycles. The first-order valence-electron chi connectivity index (χ1n) is 15.3. The van der Waals surface area contributed by atoms with Crippen LogP contribution in [0, 0.1) is 6.92 Å². The van der Waals surface area contributed by atoms with Crippen molar-refractivity contribution in [3.8, 4) is 11.1 Å². The van der Waals surface area contributed by atoms with Crippen LogP contribution in [-0.4, -0.2) is 4.21 Å². The van der Waals surface area contributed by atoms with Crippen LogP contribution < -0.4 is 9.81 Å². The molecule has 4 heteroatoms. The first-order chi connectivity index (χ1) is 19.7. The van der Waals surface area contributed by atoms with E-state index in [2.05, 4.69) is 139 Å². The Balaban J connectivity index is 0.00000221. The molecule has 0 saturated heterocycles. The van der Waals surface area contributed by atoms with E-state index in [-0.39, 0.29) is 35.6 Å². The third-order valence-electron chi connectivity index (χ3n) is 9.93. The summed E-state index contributed by atoms with van der Waals surface area (Å²) in [7, 11) is 0. The van der Waals surface area contributed by atoms with Gasteiger partial charge in [0, 0.05) is 0 Å². The van der Waals surface area contributed by atoms with Gasteiger partial charge in [-0.15, -0.1) is 24.8 Å². The molecule has 2 aliphatic carbocycles. The van der Waals surface area contributed by atoms with Gasteiger partial charge in [0.15, 0.2) is 0 Å². The van der Waals surface area contributed by atoms with Gasteiger partial charge in [0.05, 0.1) is 0 Å². The van der Waals surface area contributed by atoms with Gasteiger partial charge in [0.1, 0.15) is 0 Å². The average Bonchev–Trinajstić information content (AvgIpc) is 3.60. The maximum absolute atomic E-state index is 6.87. The van der Waals surface area contributed by atoms with E-state index in [1.807, 2.05) is 6.07 Å². The summed E-state index contributed by atoms with van der Waals surface area (Å²) >= 11 is 1.99. The minimum absolute atomic E-state index is 0. The number of aryl methyl sites for hydroxylation is 1. The van der Waals surface area contributed by atoms with Crippen molar-refractivity contribution in [3.05, 3.63) is 133 Å². The predicted octanol–water partition coefficient (Wildman–Crippen LogP) is 9.90. The standard InChI is InChI=1S/C21H25.C7H7.C6H4Cl.C5H5.CH2.2ClH.Zr/c1-20(2,3)16-7-9-18-14(12-16)11-15-13-17(21(4,5)6)8-10-19(15)18;1-7-5-3-2-4-6-7;7-6-4-2-1-3-5-6;1-2-4-5-3-1;;;;/h7-10,12H,11H2,1-6H3;3-6H,1H3;1-2,4-5H;1-3H,4H2;1H2;2*1H;. The molecule has 0 aromatic heterocycles. The van der Waals surface area contributed by atoms with E-state index in [9.17, 15) is 0 Å². The van der Waals surface area contributed by atoms with Crippen molar-refractivity contribution >= 4 is 50.4 Å². The van der Waals surface area contributed by atoms with Crippen molar-refractivity contribution in [1.82, 2.24) is 0 Å². The van der Waals surface area contributed by atoms with E-state index in [1.165, 1.54) is 52.0 Å². The minimum atomic E-state index is -4.88. The molecule has 0 bridgehead atoms. The topological polar surface area (TPSA) is 0 Å². The fourth-order valence-corrected chi connectivity index (χ4v) is 24.7. The molecule has 0 spiro atoms. The molecule has 4 aromatic carbocycles. The molecule has 230 valence electrons. The van der Waals surface area contributed by atoms with Crippen molar-refractivity contribution < 1.29 is 18.3 Å². The second-order valence-electron chi connectivity index (χ2n) is 14.7. The summed E-state index contributed by atoms with van der Waals surface area (Å²) in [6, 6.07) is 30.1. The Labute approximate surface area is 283 Å². The average molecular weight is 723 g/mol. The Morgan fingerprint density at radius 1 is 0.750 bits per heavy atom. The molecule has 0 aliphatic heterocycles. The number of fused-ring (bicyclic) bond motifs is 3. The van der Waals surface area contributed by atoms with Gasteiger partial charge < -0.3 is 0 Å². The van der Waals surface area contributed by atoms with E-state index >= 15 is 0 Å². The van der Waals surface area contributed by atoms with Crippen molar-refractivity contribution in [1.29, 1.82) is 0 Å². The quantitative estimate of drug-likeness (QED) is 0.173. The molecule has 0 radical (unpaired) electrons. The van der Waals surface area contributed by atoms with Crippen LogP contribution >= 0.6 is 36.4 Å². The Bertz CT molecular complexity index is 1860. The molecular formula is C40H45Cl3Zr. The number of allylic oxidation sites excluding steroid dienone is 4. The number of hydrogen-bond donors (Lipinski definition) is 0. The Morgan fingerprint density at radius 2 is 1.43 bits per heavy atom.